The number of rotatable bonds is 3. The minimum atomic E-state index is -0.797. The van der Waals surface area contributed by atoms with Crippen LogP contribution in [-0.2, 0) is 0 Å². The number of hydrazine groups is 1. The lowest BCUT2D eigenvalue weighted by molar-refractivity contribution is 0.628. The summed E-state index contributed by atoms with van der Waals surface area (Å²) in [5.41, 5.74) is 11.8. The topological polar surface area (TPSA) is 156 Å². The van der Waals surface area contributed by atoms with Crippen molar-refractivity contribution < 1.29 is 4.39 Å². The lowest BCUT2D eigenvalue weighted by Crippen LogP contribution is -2.52. The highest BCUT2D eigenvalue weighted by molar-refractivity contribution is 8.14. The van der Waals surface area contributed by atoms with Gasteiger partial charge in [-0.1, -0.05) is 11.8 Å². The first-order chi connectivity index (χ1) is 10.5. The van der Waals surface area contributed by atoms with E-state index in [4.69, 9.17) is 23.2 Å². The Morgan fingerprint density at radius 1 is 1.36 bits per heavy atom. The van der Waals surface area contributed by atoms with Crippen LogP contribution in [0.4, 0.5) is 10.1 Å². The second kappa shape index (κ2) is 7.06. The number of hydrogen-bond donors (Lipinski definition) is 5. The fourth-order valence-electron chi connectivity index (χ4n) is 1.61. The van der Waals surface area contributed by atoms with Crippen LogP contribution < -0.4 is 33.5 Å². The molecule has 1 unspecified atom stereocenters. The molecular weight excluding hydrogens is 309 g/mol. The molecule has 0 saturated heterocycles. The Hall–Kier alpha value is -2.37. The van der Waals surface area contributed by atoms with Crippen LogP contribution in [0.3, 0.4) is 0 Å². The SMILES string of the molecule is N/N=C(\N)SCC1=NC(N)N=C(N(N)c2ccc(F)cc2)N1. The van der Waals surface area contributed by atoms with Crippen LogP contribution >= 0.6 is 11.8 Å². The van der Waals surface area contributed by atoms with Crippen LogP contribution in [0.2, 0.25) is 0 Å². The molecule has 1 aliphatic rings. The molecule has 1 aromatic carbocycles. The molecule has 0 aromatic heterocycles. The van der Waals surface area contributed by atoms with Gasteiger partial charge in [-0.05, 0) is 24.3 Å². The summed E-state index contributed by atoms with van der Waals surface area (Å²) in [7, 11) is 0. The van der Waals surface area contributed by atoms with Gasteiger partial charge in [-0.25, -0.2) is 25.2 Å². The fourth-order valence-corrected chi connectivity index (χ4v) is 2.11. The summed E-state index contributed by atoms with van der Waals surface area (Å²) < 4.78 is 12.9. The number of nitrogens with zero attached hydrogens (tertiary/aromatic N) is 4. The van der Waals surface area contributed by atoms with E-state index in [9.17, 15) is 4.39 Å². The molecule has 1 atom stereocenters. The van der Waals surface area contributed by atoms with E-state index in [1.807, 2.05) is 0 Å². The first kappa shape index (κ1) is 16.0. The molecule has 118 valence electrons. The minimum absolute atomic E-state index is 0.213. The van der Waals surface area contributed by atoms with Crippen molar-refractivity contribution in [3.63, 3.8) is 0 Å². The zero-order chi connectivity index (χ0) is 16.1. The van der Waals surface area contributed by atoms with Crippen molar-refractivity contribution in [3.05, 3.63) is 30.1 Å². The minimum Gasteiger partial charge on any atom is -0.377 e. The summed E-state index contributed by atoms with van der Waals surface area (Å²) in [6.45, 7) is 0. The molecule has 1 aromatic rings. The molecule has 0 amide bonds. The fraction of sp³-hybridized carbons (Fsp3) is 0.182. The number of hydrogen-bond acceptors (Lipinski definition) is 9. The first-order valence-corrected chi connectivity index (χ1v) is 7.12. The highest BCUT2D eigenvalue weighted by Crippen LogP contribution is 2.13. The summed E-state index contributed by atoms with van der Waals surface area (Å²) in [5, 5.41) is 7.74. The molecule has 0 aliphatic carbocycles. The number of aliphatic imine (C=N–C) groups is 2. The van der Waals surface area contributed by atoms with Gasteiger partial charge < -0.3 is 16.9 Å². The second-order valence-electron chi connectivity index (χ2n) is 4.17. The third-order valence-electron chi connectivity index (χ3n) is 2.62. The molecule has 2 rings (SSSR count). The summed E-state index contributed by atoms with van der Waals surface area (Å²) >= 11 is 1.19. The van der Waals surface area contributed by atoms with Gasteiger partial charge in [0.25, 0.3) is 0 Å². The monoisotopic (exact) mass is 325 g/mol. The number of thioether (sulfide) groups is 1. The number of anilines is 1. The van der Waals surface area contributed by atoms with E-state index in [1.165, 1.54) is 41.0 Å². The maximum absolute atomic E-state index is 12.9. The normalized spacial score (nSPS) is 18.3. The second-order valence-corrected chi connectivity index (χ2v) is 5.17. The van der Waals surface area contributed by atoms with Gasteiger partial charge in [0.2, 0.25) is 5.96 Å². The van der Waals surface area contributed by atoms with Gasteiger partial charge in [0, 0.05) is 0 Å². The van der Waals surface area contributed by atoms with Gasteiger partial charge in [0.05, 0.1) is 11.4 Å². The Balaban J connectivity index is 2.07. The maximum atomic E-state index is 12.9. The molecule has 1 heterocycles. The van der Waals surface area contributed by atoms with Gasteiger partial charge in [0.1, 0.15) is 11.7 Å². The number of hydrazone groups is 1. The van der Waals surface area contributed by atoms with E-state index in [0.29, 0.717) is 17.3 Å². The number of benzene rings is 1. The van der Waals surface area contributed by atoms with E-state index >= 15 is 0 Å². The van der Waals surface area contributed by atoms with Crippen molar-refractivity contribution in [3.8, 4) is 0 Å². The van der Waals surface area contributed by atoms with Crippen LogP contribution in [0.15, 0.2) is 39.4 Å². The van der Waals surface area contributed by atoms with Gasteiger partial charge in [-0.3, -0.25) is 5.73 Å². The van der Waals surface area contributed by atoms with Crippen molar-refractivity contribution in [2.24, 2.45) is 38.2 Å². The van der Waals surface area contributed by atoms with Gasteiger partial charge in [-0.2, -0.15) is 5.10 Å². The first-order valence-electron chi connectivity index (χ1n) is 6.13. The number of nitrogens with one attached hydrogen (secondary N) is 1. The number of guanidine groups is 1. The molecule has 0 fully saturated rings. The van der Waals surface area contributed by atoms with Gasteiger partial charge in [0.15, 0.2) is 11.5 Å². The van der Waals surface area contributed by atoms with Crippen LogP contribution in [0.1, 0.15) is 0 Å². The molecule has 0 spiro atoms. The smallest absolute Gasteiger partial charge is 0.222 e. The van der Waals surface area contributed by atoms with Crippen LogP contribution in [0, 0.1) is 5.82 Å². The Kier molecular flexibility index (Phi) is 5.14. The molecular formula is C11H16FN9S. The molecule has 0 saturated carbocycles. The highest BCUT2D eigenvalue weighted by atomic mass is 32.2. The summed E-state index contributed by atoms with van der Waals surface area (Å²) in [4.78, 5) is 8.20. The Morgan fingerprint density at radius 3 is 2.68 bits per heavy atom. The quantitative estimate of drug-likeness (QED) is 0.207. The van der Waals surface area contributed by atoms with E-state index in [1.54, 1.807) is 0 Å². The van der Waals surface area contributed by atoms with Crippen molar-refractivity contribution in [1.82, 2.24) is 5.32 Å². The van der Waals surface area contributed by atoms with Crippen molar-refractivity contribution in [2.45, 2.75) is 6.29 Å². The Bertz CT molecular complexity index is 612. The molecule has 11 heteroatoms. The lowest BCUT2D eigenvalue weighted by atomic mass is 10.3. The predicted molar refractivity (Wildman–Crippen MR) is 87.3 cm³/mol. The number of amidine groups is 2. The van der Waals surface area contributed by atoms with Crippen LogP contribution in [-0.4, -0.2) is 29.0 Å². The van der Waals surface area contributed by atoms with Crippen molar-refractivity contribution >= 4 is 34.4 Å². The summed E-state index contributed by atoms with van der Waals surface area (Å²) in [6, 6.07) is 5.62. The van der Waals surface area contributed by atoms with E-state index in [2.05, 4.69) is 20.4 Å². The Morgan fingerprint density at radius 2 is 2.05 bits per heavy atom. The van der Waals surface area contributed by atoms with Crippen LogP contribution in [0.25, 0.3) is 0 Å². The average Bonchev–Trinajstić information content (AvgIpc) is 2.52. The largest absolute Gasteiger partial charge is 0.377 e. The molecule has 1 aliphatic heterocycles. The lowest BCUT2D eigenvalue weighted by Gasteiger charge is -2.26. The molecule has 22 heavy (non-hydrogen) atoms. The standard InChI is InChI=1S/C11H16FN9S/c12-6-1-3-7(4-2-6)21(16)11-18-8(17-9(13)19-11)5-22-10(14)20-15/h1-4,9H,5,13,15-16H2,(H2,14,20)(H,17,18,19). The van der Waals surface area contributed by atoms with Gasteiger partial charge in [-0.15, -0.1) is 0 Å². The summed E-state index contributed by atoms with van der Waals surface area (Å²) in [6.07, 6.45) is -0.797. The number of halogens is 1. The van der Waals surface area contributed by atoms with E-state index < -0.39 is 6.29 Å². The zero-order valence-electron chi connectivity index (χ0n) is 11.5. The van der Waals surface area contributed by atoms with E-state index in [-0.39, 0.29) is 16.9 Å². The van der Waals surface area contributed by atoms with Crippen molar-refractivity contribution in [2.75, 3.05) is 10.8 Å². The molecule has 0 bridgehead atoms. The predicted octanol–water partition coefficient (Wildman–Crippen LogP) is -0.973. The van der Waals surface area contributed by atoms with E-state index in [0.717, 1.165) is 0 Å². The van der Waals surface area contributed by atoms with Gasteiger partial charge >= 0.3 is 0 Å². The zero-order valence-corrected chi connectivity index (χ0v) is 12.3. The third-order valence-corrected chi connectivity index (χ3v) is 3.43. The maximum Gasteiger partial charge on any atom is 0.222 e. The van der Waals surface area contributed by atoms with Crippen molar-refractivity contribution in [1.29, 1.82) is 0 Å². The molecule has 0 radical (unpaired) electrons. The highest BCUT2D eigenvalue weighted by Gasteiger charge is 2.19. The van der Waals surface area contributed by atoms with Crippen LogP contribution in [0.5, 0.6) is 0 Å². The average molecular weight is 325 g/mol. The Labute approximate surface area is 130 Å². The third kappa shape index (κ3) is 4.07. The number of nitrogens with two attached hydrogens (primary N) is 4. The molecule has 9 N–H and O–H groups in total. The summed E-state index contributed by atoms with van der Waals surface area (Å²) in [5.74, 6) is 11.8. The molecule has 9 nitrogen and oxygen atoms in total.